The van der Waals surface area contributed by atoms with Gasteiger partial charge in [-0.2, -0.15) is 4.52 Å². The third-order valence-corrected chi connectivity index (χ3v) is 4.24. The van der Waals surface area contributed by atoms with Crippen LogP contribution in [0.15, 0.2) is 46.9 Å². The van der Waals surface area contributed by atoms with Gasteiger partial charge in [-0.15, -0.1) is 15.3 Å². The Kier molecular flexibility index (Phi) is 4.94. The normalized spacial score (nSPS) is 11.0. The van der Waals surface area contributed by atoms with Gasteiger partial charge in [0, 0.05) is 11.6 Å². The first-order chi connectivity index (χ1) is 14.0. The predicted octanol–water partition coefficient (Wildman–Crippen LogP) is 2.95. The maximum atomic E-state index is 13.5. The van der Waals surface area contributed by atoms with Crippen molar-refractivity contribution in [2.24, 2.45) is 0 Å². The highest BCUT2D eigenvalue weighted by molar-refractivity contribution is 5.95. The lowest BCUT2D eigenvalue weighted by Gasteiger charge is -2.07. The monoisotopic (exact) mass is 395 g/mol. The second kappa shape index (κ2) is 7.70. The number of hydrogen-bond acceptors (Lipinski definition) is 6. The van der Waals surface area contributed by atoms with Crippen molar-refractivity contribution in [3.8, 4) is 17.3 Å². The molecule has 148 valence electrons. The summed E-state index contributed by atoms with van der Waals surface area (Å²) in [5.41, 5.74) is 1.57. The molecule has 4 aromatic rings. The Balaban J connectivity index is 1.42. The molecule has 0 saturated heterocycles. The van der Waals surface area contributed by atoms with Crippen LogP contribution >= 0.6 is 0 Å². The van der Waals surface area contributed by atoms with Crippen molar-refractivity contribution in [3.63, 3.8) is 0 Å². The molecule has 1 amide bonds. The molecule has 0 atom stereocenters. The summed E-state index contributed by atoms with van der Waals surface area (Å²) in [6.07, 6.45) is 0. The molecule has 4 rings (SSSR count). The smallest absolute Gasteiger partial charge is 0.254 e. The van der Waals surface area contributed by atoms with E-state index in [4.69, 9.17) is 9.15 Å². The van der Waals surface area contributed by atoms with Crippen LogP contribution in [0.25, 0.3) is 17.0 Å². The minimum Gasteiger partial charge on any atom is -0.475 e. The van der Waals surface area contributed by atoms with Gasteiger partial charge in [0.25, 0.3) is 5.91 Å². The van der Waals surface area contributed by atoms with Gasteiger partial charge in [0.1, 0.15) is 23.9 Å². The number of nitrogens with zero attached hydrogens (tertiary/aromatic N) is 4. The van der Waals surface area contributed by atoms with Crippen LogP contribution in [0.4, 0.5) is 4.39 Å². The van der Waals surface area contributed by atoms with E-state index in [9.17, 15) is 9.18 Å². The molecule has 29 heavy (non-hydrogen) atoms. The Labute approximate surface area is 165 Å². The molecule has 0 radical (unpaired) electrons. The van der Waals surface area contributed by atoms with E-state index in [1.165, 1.54) is 16.6 Å². The van der Waals surface area contributed by atoms with Crippen molar-refractivity contribution < 1.29 is 18.3 Å². The molecule has 9 heteroatoms. The summed E-state index contributed by atoms with van der Waals surface area (Å²) in [5, 5.41) is 15.2. The summed E-state index contributed by atoms with van der Waals surface area (Å²) in [7, 11) is 0. The quantitative estimate of drug-likeness (QED) is 0.505. The Morgan fingerprint density at radius 2 is 2.07 bits per heavy atom. The highest BCUT2D eigenvalue weighted by Crippen LogP contribution is 2.19. The topological polar surface area (TPSA) is 94.5 Å². The highest BCUT2D eigenvalue weighted by atomic mass is 19.1. The lowest BCUT2D eigenvalue weighted by atomic mass is 10.2. The van der Waals surface area contributed by atoms with Crippen LogP contribution in [-0.2, 0) is 0 Å². The van der Waals surface area contributed by atoms with Gasteiger partial charge in [-0.1, -0.05) is 12.1 Å². The van der Waals surface area contributed by atoms with Crippen LogP contribution in [-0.4, -0.2) is 38.9 Å². The maximum absolute atomic E-state index is 13.5. The number of carbonyl (C=O) groups excluding carboxylic acids is 1. The standard InChI is InChI=1S/C20H18FN5O3/c1-12-10-16(13(2)29-12)20(27)22-8-9-28-18-7-6-17-23-24-19(26(17)25-18)14-4-3-5-15(21)11-14/h3-7,10-11H,8-9H2,1-2H3,(H,22,27). The molecule has 8 nitrogen and oxygen atoms in total. The summed E-state index contributed by atoms with van der Waals surface area (Å²) >= 11 is 0. The SMILES string of the molecule is Cc1cc(C(=O)NCCOc2ccc3nnc(-c4cccc(F)c4)n3n2)c(C)o1. The Hall–Kier alpha value is -3.75. The number of nitrogens with one attached hydrogen (secondary N) is 1. The van der Waals surface area contributed by atoms with Crippen molar-refractivity contribution >= 4 is 11.6 Å². The van der Waals surface area contributed by atoms with Crippen molar-refractivity contribution in [3.05, 3.63) is 65.4 Å². The number of furan rings is 1. The van der Waals surface area contributed by atoms with Crippen LogP contribution in [0.5, 0.6) is 5.88 Å². The summed E-state index contributed by atoms with van der Waals surface area (Å²) < 4.78 is 26.0. The number of fused-ring (bicyclic) bond motifs is 1. The number of hydrogen-bond donors (Lipinski definition) is 1. The second-order valence-corrected chi connectivity index (χ2v) is 6.41. The van der Waals surface area contributed by atoms with Crippen LogP contribution in [0.2, 0.25) is 0 Å². The minimum atomic E-state index is -0.370. The molecular formula is C20H18FN5O3. The number of amides is 1. The molecule has 1 aromatic carbocycles. The third-order valence-electron chi connectivity index (χ3n) is 4.24. The minimum absolute atomic E-state index is 0.220. The van der Waals surface area contributed by atoms with E-state index in [1.807, 2.05) is 0 Å². The second-order valence-electron chi connectivity index (χ2n) is 6.41. The van der Waals surface area contributed by atoms with Crippen LogP contribution in [0.3, 0.4) is 0 Å². The Morgan fingerprint density at radius 1 is 1.21 bits per heavy atom. The lowest BCUT2D eigenvalue weighted by molar-refractivity contribution is 0.0945. The van der Waals surface area contributed by atoms with E-state index >= 15 is 0 Å². The summed E-state index contributed by atoms with van der Waals surface area (Å²) in [5.74, 6) is 1.41. The van der Waals surface area contributed by atoms with Crippen molar-refractivity contribution in [1.82, 2.24) is 25.1 Å². The van der Waals surface area contributed by atoms with Gasteiger partial charge in [-0.3, -0.25) is 4.79 Å². The summed E-state index contributed by atoms with van der Waals surface area (Å²) in [6.45, 7) is 4.04. The van der Waals surface area contributed by atoms with E-state index in [0.29, 0.717) is 46.5 Å². The summed E-state index contributed by atoms with van der Waals surface area (Å²) in [6, 6.07) is 11.1. The zero-order valence-corrected chi connectivity index (χ0v) is 15.8. The van der Waals surface area contributed by atoms with E-state index in [-0.39, 0.29) is 18.3 Å². The van der Waals surface area contributed by atoms with Crippen LogP contribution < -0.4 is 10.1 Å². The average molecular weight is 395 g/mol. The van der Waals surface area contributed by atoms with E-state index in [0.717, 1.165) is 0 Å². The van der Waals surface area contributed by atoms with Crippen LogP contribution in [0, 0.1) is 19.7 Å². The van der Waals surface area contributed by atoms with E-state index < -0.39 is 0 Å². The molecule has 3 aromatic heterocycles. The third kappa shape index (κ3) is 3.93. The molecule has 0 bridgehead atoms. The Bertz CT molecular complexity index is 1180. The van der Waals surface area contributed by atoms with E-state index in [2.05, 4.69) is 20.6 Å². The molecule has 0 fully saturated rings. The molecule has 0 unspecified atom stereocenters. The first kappa shape index (κ1) is 18.6. The Morgan fingerprint density at radius 3 is 2.83 bits per heavy atom. The molecule has 1 N–H and O–H groups in total. The first-order valence-corrected chi connectivity index (χ1v) is 8.98. The zero-order valence-electron chi connectivity index (χ0n) is 15.8. The fraction of sp³-hybridized carbons (Fsp3) is 0.200. The highest BCUT2D eigenvalue weighted by Gasteiger charge is 2.13. The van der Waals surface area contributed by atoms with Gasteiger partial charge in [-0.05, 0) is 38.1 Å². The number of carbonyl (C=O) groups is 1. The predicted molar refractivity (Wildman–Crippen MR) is 102 cm³/mol. The van der Waals surface area contributed by atoms with Gasteiger partial charge in [-0.25, -0.2) is 4.39 Å². The van der Waals surface area contributed by atoms with E-state index in [1.54, 1.807) is 44.2 Å². The molecule has 0 spiro atoms. The van der Waals surface area contributed by atoms with Crippen molar-refractivity contribution in [2.45, 2.75) is 13.8 Å². The number of benzene rings is 1. The fourth-order valence-corrected chi connectivity index (χ4v) is 2.93. The van der Waals surface area contributed by atoms with Gasteiger partial charge in [0.05, 0.1) is 12.1 Å². The van der Waals surface area contributed by atoms with Crippen molar-refractivity contribution in [2.75, 3.05) is 13.2 Å². The van der Waals surface area contributed by atoms with Crippen LogP contribution in [0.1, 0.15) is 21.9 Å². The number of aryl methyl sites for hydroxylation is 2. The number of ether oxygens (including phenoxy) is 1. The zero-order chi connectivity index (χ0) is 20.4. The maximum Gasteiger partial charge on any atom is 0.254 e. The summed E-state index contributed by atoms with van der Waals surface area (Å²) in [4.78, 5) is 12.2. The largest absolute Gasteiger partial charge is 0.475 e. The average Bonchev–Trinajstić information content (AvgIpc) is 3.27. The van der Waals surface area contributed by atoms with Crippen molar-refractivity contribution in [1.29, 1.82) is 0 Å². The van der Waals surface area contributed by atoms with Gasteiger partial charge in [0.15, 0.2) is 11.5 Å². The molecule has 0 aliphatic heterocycles. The van der Waals surface area contributed by atoms with Gasteiger partial charge >= 0.3 is 0 Å². The first-order valence-electron chi connectivity index (χ1n) is 8.98. The molecular weight excluding hydrogens is 377 g/mol. The molecule has 3 heterocycles. The lowest BCUT2D eigenvalue weighted by Crippen LogP contribution is -2.28. The number of rotatable bonds is 6. The van der Waals surface area contributed by atoms with Gasteiger partial charge in [0.2, 0.25) is 5.88 Å². The molecule has 0 saturated carbocycles. The van der Waals surface area contributed by atoms with Gasteiger partial charge < -0.3 is 14.5 Å². The fourth-order valence-electron chi connectivity index (χ4n) is 2.93. The number of aromatic nitrogens is 4. The molecule has 0 aliphatic rings. The molecule has 0 aliphatic carbocycles. The number of halogens is 1.